The Hall–Kier alpha value is -4.56. The van der Waals surface area contributed by atoms with Crippen LogP contribution < -0.4 is 20.0 Å². The first-order valence-corrected chi connectivity index (χ1v) is 14.1. The minimum Gasteiger partial charge on any atom is -0.378 e. The Bertz CT molecular complexity index is 1600. The molecule has 3 amide bonds. The fraction of sp³-hybridized carbons (Fsp3) is 0.323. The Balaban J connectivity index is 1.63. The minimum absolute atomic E-state index is 0.0422. The molecule has 12 heteroatoms. The topological polar surface area (TPSA) is 110 Å². The lowest BCUT2D eigenvalue weighted by Gasteiger charge is -2.39. The van der Waals surface area contributed by atoms with Crippen molar-refractivity contribution in [3.63, 3.8) is 0 Å². The van der Waals surface area contributed by atoms with Gasteiger partial charge in [0.25, 0.3) is 11.8 Å². The van der Waals surface area contributed by atoms with Crippen LogP contribution in [-0.2, 0) is 14.4 Å². The molecule has 0 radical (unpaired) electrons. The molecule has 222 valence electrons. The largest absolute Gasteiger partial charge is 0.378 e. The van der Waals surface area contributed by atoms with Gasteiger partial charge in [-0.2, -0.15) is 5.26 Å². The fourth-order valence-corrected chi connectivity index (χ4v) is 5.69. The van der Waals surface area contributed by atoms with Gasteiger partial charge in [0, 0.05) is 67.6 Å². The third kappa shape index (κ3) is 6.15. The highest BCUT2D eigenvalue weighted by atomic mass is 35.5. The number of pyridine rings is 1. The van der Waals surface area contributed by atoms with E-state index in [1.165, 1.54) is 28.1 Å². The second-order valence-electron chi connectivity index (χ2n) is 10.8. The Labute approximate surface area is 252 Å². The number of alkyl halides is 2. The molecule has 0 spiro atoms. The van der Waals surface area contributed by atoms with E-state index in [0.29, 0.717) is 5.69 Å². The van der Waals surface area contributed by atoms with Crippen molar-refractivity contribution in [3.8, 4) is 6.07 Å². The quantitative estimate of drug-likeness (QED) is 0.392. The van der Waals surface area contributed by atoms with Crippen LogP contribution in [0.5, 0.6) is 0 Å². The van der Waals surface area contributed by atoms with Crippen LogP contribution in [0, 0.1) is 11.3 Å². The van der Waals surface area contributed by atoms with Crippen molar-refractivity contribution in [3.05, 3.63) is 83.0 Å². The molecule has 1 aliphatic heterocycles. The number of nitrogens with zero attached hydrogens (tertiary/aromatic N) is 5. The number of rotatable bonds is 8. The highest BCUT2D eigenvalue weighted by Crippen LogP contribution is 2.40. The molecule has 2 aliphatic rings. The minimum atomic E-state index is -2.87. The Morgan fingerprint density at radius 3 is 2.51 bits per heavy atom. The van der Waals surface area contributed by atoms with Gasteiger partial charge in [0.15, 0.2) is 0 Å². The zero-order valence-corrected chi connectivity index (χ0v) is 24.3. The van der Waals surface area contributed by atoms with Crippen LogP contribution in [-0.4, -0.2) is 54.8 Å². The molecule has 1 aromatic heterocycles. The summed E-state index contributed by atoms with van der Waals surface area (Å²) in [6.45, 7) is 0. The van der Waals surface area contributed by atoms with Crippen LogP contribution >= 0.6 is 11.6 Å². The number of aromatic nitrogens is 1. The molecule has 1 saturated heterocycles. The van der Waals surface area contributed by atoms with Crippen LogP contribution in [0.4, 0.5) is 26.0 Å². The van der Waals surface area contributed by atoms with Gasteiger partial charge in [0.1, 0.15) is 17.9 Å². The molecule has 1 aliphatic carbocycles. The number of nitrogens with one attached hydrogen (secondary N) is 1. The summed E-state index contributed by atoms with van der Waals surface area (Å²) in [6, 6.07) is 15.2. The number of hydrogen-bond acceptors (Lipinski definition) is 6. The van der Waals surface area contributed by atoms with Crippen molar-refractivity contribution in [1.29, 1.82) is 5.26 Å². The molecule has 43 heavy (non-hydrogen) atoms. The second kappa shape index (κ2) is 12.0. The van der Waals surface area contributed by atoms with E-state index in [-0.39, 0.29) is 40.7 Å². The van der Waals surface area contributed by atoms with Crippen molar-refractivity contribution < 1.29 is 23.2 Å². The predicted octanol–water partition coefficient (Wildman–Crippen LogP) is 4.86. The highest BCUT2D eigenvalue weighted by molar-refractivity contribution is 6.31. The summed E-state index contributed by atoms with van der Waals surface area (Å²) < 4.78 is 27.4. The first-order valence-electron chi connectivity index (χ1n) is 13.7. The van der Waals surface area contributed by atoms with E-state index in [1.807, 2.05) is 31.1 Å². The molecular formula is C31H29ClF2N6O3. The van der Waals surface area contributed by atoms with Gasteiger partial charge >= 0.3 is 0 Å². The van der Waals surface area contributed by atoms with Gasteiger partial charge in [0.05, 0.1) is 11.6 Å². The number of carbonyl (C=O) groups excluding carboxylic acids is 3. The Morgan fingerprint density at radius 2 is 1.84 bits per heavy atom. The summed E-state index contributed by atoms with van der Waals surface area (Å²) >= 11 is 6.60. The van der Waals surface area contributed by atoms with E-state index in [0.717, 1.165) is 5.69 Å². The van der Waals surface area contributed by atoms with Crippen molar-refractivity contribution in [2.75, 3.05) is 28.8 Å². The Morgan fingerprint density at radius 1 is 1.12 bits per heavy atom. The molecule has 2 fully saturated rings. The number of amides is 3. The average Bonchev–Trinajstić information content (AvgIpc) is 3.36. The van der Waals surface area contributed by atoms with E-state index in [1.54, 1.807) is 42.5 Å². The summed E-state index contributed by atoms with van der Waals surface area (Å²) in [5.74, 6) is -4.37. The standard InChI is InChI=1S/C31H29ClF2N6O3/c1-38(2)21-6-5-7-22(15-21)39(30(43)25-10-11-27(41)40(25)26-14-19(18-35)12-13-36-26)28(23-8-3-4-9-24(23)32)29(42)37-20-16-31(33,34)17-20/h3-9,12-15,20,25,28H,10-11,16-17H2,1-2H3,(H,37,42). The first-order chi connectivity index (χ1) is 20.5. The molecule has 2 heterocycles. The summed E-state index contributed by atoms with van der Waals surface area (Å²) in [7, 11) is 3.65. The fourth-order valence-electron chi connectivity index (χ4n) is 5.45. The zero-order chi connectivity index (χ0) is 30.9. The Kier molecular flexibility index (Phi) is 8.33. The lowest BCUT2D eigenvalue weighted by Crippen LogP contribution is -2.56. The van der Waals surface area contributed by atoms with E-state index in [2.05, 4.69) is 10.3 Å². The van der Waals surface area contributed by atoms with Crippen molar-refractivity contribution in [2.45, 2.75) is 49.7 Å². The average molecular weight is 607 g/mol. The number of anilines is 3. The van der Waals surface area contributed by atoms with Crippen LogP contribution in [0.15, 0.2) is 66.9 Å². The molecule has 9 nitrogen and oxygen atoms in total. The third-order valence-corrected chi connectivity index (χ3v) is 7.97. The zero-order valence-electron chi connectivity index (χ0n) is 23.5. The van der Waals surface area contributed by atoms with Gasteiger partial charge in [-0.25, -0.2) is 13.8 Å². The number of carbonyl (C=O) groups is 3. The summed E-state index contributed by atoms with van der Waals surface area (Å²) in [5, 5.41) is 12.3. The maximum Gasteiger partial charge on any atom is 0.252 e. The van der Waals surface area contributed by atoms with Crippen molar-refractivity contribution >= 4 is 46.5 Å². The van der Waals surface area contributed by atoms with E-state index in [9.17, 15) is 28.4 Å². The first kappa shape index (κ1) is 29.9. The molecule has 1 N–H and O–H groups in total. The van der Waals surface area contributed by atoms with Gasteiger partial charge in [-0.15, -0.1) is 0 Å². The molecule has 3 aromatic rings. The van der Waals surface area contributed by atoms with Gasteiger partial charge in [0.2, 0.25) is 11.8 Å². The SMILES string of the molecule is CN(C)c1cccc(N(C(=O)C2CCC(=O)N2c2cc(C#N)ccn2)C(C(=O)NC2CC(F)(F)C2)c2ccccc2Cl)c1. The van der Waals surface area contributed by atoms with Crippen LogP contribution in [0.25, 0.3) is 0 Å². The van der Waals surface area contributed by atoms with Crippen LogP contribution in [0.1, 0.15) is 42.9 Å². The van der Waals surface area contributed by atoms with E-state index in [4.69, 9.17) is 11.6 Å². The van der Waals surface area contributed by atoms with Crippen molar-refractivity contribution in [1.82, 2.24) is 10.3 Å². The molecule has 2 unspecified atom stereocenters. The van der Waals surface area contributed by atoms with Gasteiger partial charge < -0.3 is 10.2 Å². The smallest absolute Gasteiger partial charge is 0.252 e. The number of halogens is 3. The van der Waals surface area contributed by atoms with E-state index < -0.39 is 48.7 Å². The summed E-state index contributed by atoms with van der Waals surface area (Å²) in [6.07, 6.45) is 0.535. The van der Waals surface area contributed by atoms with Crippen molar-refractivity contribution in [2.24, 2.45) is 0 Å². The molecule has 2 atom stereocenters. The maximum atomic E-state index is 14.7. The number of benzene rings is 2. The molecule has 2 aromatic carbocycles. The van der Waals surface area contributed by atoms with E-state index >= 15 is 0 Å². The molecular weight excluding hydrogens is 578 g/mol. The molecule has 0 bridgehead atoms. The number of hydrogen-bond donors (Lipinski definition) is 1. The molecule has 1 saturated carbocycles. The lowest BCUT2D eigenvalue weighted by atomic mass is 9.87. The monoisotopic (exact) mass is 606 g/mol. The van der Waals surface area contributed by atoms with Gasteiger partial charge in [-0.3, -0.25) is 24.2 Å². The summed E-state index contributed by atoms with van der Waals surface area (Å²) in [4.78, 5) is 50.5. The van der Waals surface area contributed by atoms with Gasteiger partial charge in [-0.05, 0) is 42.8 Å². The normalized spacial score (nSPS) is 18.4. The van der Waals surface area contributed by atoms with Crippen LogP contribution in [0.2, 0.25) is 5.02 Å². The predicted molar refractivity (Wildman–Crippen MR) is 158 cm³/mol. The number of nitriles is 1. The lowest BCUT2D eigenvalue weighted by molar-refractivity contribution is -0.133. The molecule has 5 rings (SSSR count). The van der Waals surface area contributed by atoms with Gasteiger partial charge in [-0.1, -0.05) is 35.9 Å². The van der Waals surface area contributed by atoms with Crippen LogP contribution in [0.3, 0.4) is 0 Å². The maximum absolute atomic E-state index is 14.7. The second-order valence-corrected chi connectivity index (χ2v) is 11.3. The summed E-state index contributed by atoms with van der Waals surface area (Å²) in [5.41, 5.74) is 1.62. The highest BCUT2D eigenvalue weighted by Gasteiger charge is 2.48. The third-order valence-electron chi connectivity index (χ3n) is 7.62.